The second-order valence-electron chi connectivity index (χ2n) is 4.77. The maximum atomic E-state index is 14.2. The van der Waals surface area contributed by atoms with Gasteiger partial charge < -0.3 is 0 Å². The zero-order valence-electron chi connectivity index (χ0n) is 10.2. The van der Waals surface area contributed by atoms with Gasteiger partial charge in [-0.1, -0.05) is 36.4 Å². The summed E-state index contributed by atoms with van der Waals surface area (Å²) in [5, 5.41) is 2.04. The van der Waals surface area contributed by atoms with Crippen LogP contribution in [0.15, 0.2) is 53.9 Å². The Morgan fingerprint density at radius 2 is 1.68 bits per heavy atom. The second-order valence-corrected chi connectivity index (χ2v) is 5.69. The second kappa shape index (κ2) is 4.04. The fourth-order valence-electron chi connectivity index (χ4n) is 2.83. The van der Waals surface area contributed by atoms with E-state index in [0.29, 0.717) is 0 Å². The Bertz CT molecular complexity index is 770. The van der Waals surface area contributed by atoms with Crippen molar-refractivity contribution in [3.05, 3.63) is 70.9 Å². The standard InChI is InChI=1S/C17H11FS/c18-15-7-3-5-12-10-11-4-1-2-6-13(11)17-14(16(12)15)8-9-19-17/h1-9H,10H2. The highest BCUT2D eigenvalue weighted by Crippen LogP contribution is 2.44. The van der Waals surface area contributed by atoms with Gasteiger partial charge in [0, 0.05) is 16.0 Å². The topological polar surface area (TPSA) is 0 Å². The molecule has 0 bridgehead atoms. The lowest BCUT2D eigenvalue weighted by Gasteiger charge is -2.07. The minimum atomic E-state index is -0.120. The molecule has 2 aromatic carbocycles. The molecule has 0 fully saturated rings. The van der Waals surface area contributed by atoms with E-state index >= 15 is 0 Å². The average Bonchev–Trinajstić information content (AvgIpc) is 2.84. The predicted molar refractivity (Wildman–Crippen MR) is 78.0 cm³/mol. The summed E-state index contributed by atoms with van der Waals surface area (Å²) in [5.74, 6) is -0.120. The number of fused-ring (bicyclic) bond motifs is 5. The normalized spacial score (nSPS) is 12.3. The van der Waals surface area contributed by atoms with Crippen molar-refractivity contribution in [2.45, 2.75) is 6.42 Å². The molecule has 1 aromatic heterocycles. The fourth-order valence-corrected chi connectivity index (χ4v) is 3.80. The maximum Gasteiger partial charge on any atom is 0.131 e. The molecular weight excluding hydrogens is 255 g/mol. The third kappa shape index (κ3) is 1.57. The molecule has 0 aliphatic heterocycles. The summed E-state index contributed by atoms with van der Waals surface area (Å²) in [6, 6.07) is 15.8. The predicted octanol–water partition coefficient (Wildman–Crippen LogP) is 5.13. The van der Waals surface area contributed by atoms with Crippen molar-refractivity contribution < 1.29 is 4.39 Å². The van der Waals surface area contributed by atoms with E-state index in [1.807, 2.05) is 17.5 Å². The molecule has 0 amide bonds. The van der Waals surface area contributed by atoms with Crippen LogP contribution in [0, 0.1) is 5.82 Å². The Hall–Kier alpha value is -1.93. The molecule has 0 unspecified atom stereocenters. The molecule has 1 aliphatic carbocycles. The van der Waals surface area contributed by atoms with Gasteiger partial charge >= 0.3 is 0 Å². The summed E-state index contributed by atoms with van der Waals surface area (Å²) in [7, 11) is 0. The van der Waals surface area contributed by atoms with Crippen molar-refractivity contribution in [1.82, 2.24) is 0 Å². The molecule has 0 spiro atoms. The zero-order chi connectivity index (χ0) is 12.8. The molecule has 1 heterocycles. The van der Waals surface area contributed by atoms with Gasteiger partial charge in [0.05, 0.1) is 0 Å². The minimum Gasteiger partial charge on any atom is -0.206 e. The zero-order valence-corrected chi connectivity index (χ0v) is 11.0. The third-order valence-electron chi connectivity index (χ3n) is 3.68. The van der Waals surface area contributed by atoms with Gasteiger partial charge in [-0.3, -0.25) is 0 Å². The Morgan fingerprint density at radius 1 is 0.842 bits per heavy atom. The highest BCUT2D eigenvalue weighted by molar-refractivity contribution is 7.14. The van der Waals surface area contributed by atoms with Gasteiger partial charge in [-0.15, -0.1) is 11.3 Å². The Labute approximate surface area is 115 Å². The summed E-state index contributed by atoms with van der Waals surface area (Å²) in [4.78, 5) is 1.18. The SMILES string of the molecule is Fc1cccc2c1-c1ccsc1-c1ccccc1C2. The summed E-state index contributed by atoms with van der Waals surface area (Å²) < 4.78 is 14.2. The number of thiophene rings is 1. The van der Waals surface area contributed by atoms with Gasteiger partial charge in [-0.2, -0.15) is 0 Å². The number of benzene rings is 2. The van der Waals surface area contributed by atoms with Crippen molar-refractivity contribution in [2.75, 3.05) is 0 Å². The molecule has 2 heteroatoms. The van der Waals surface area contributed by atoms with Gasteiger partial charge in [0.2, 0.25) is 0 Å². The van der Waals surface area contributed by atoms with Crippen LogP contribution in [-0.2, 0) is 6.42 Å². The first-order valence-corrected chi connectivity index (χ1v) is 7.16. The van der Waals surface area contributed by atoms with Gasteiger partial charge in [-0.05, 0) is 40.6 Å². The van der Waals surface area contributed by atoms with Crippen LogP contribution in [-0.4, -0.2) is 0 Å². The molecule has 3 aromatic rings. The average molecular weight is 266 g/mol. The minimum absolute atomic E-state index is 0.120. The first-order chi connectivity index (χ1) is 9.34. The number of halogens is 1. The van der Waals surface area contributed by atoms with Crippen molar-refractivity contribution in [3.63, 3.8) is 0 Å². The molecule has 0 saturated carbocycles. The Balaban J connectivity index is 2.13. The largest absolute Gasteiger partial charge is 0.206 e. The van der Waals surface area contributed by atoms with Crippen LogP contribution in [0.5, 0.6) is 0 Å². The molecule has 92 valence electrons. The molecular formula is C17H11FS. The first kappa shape index (κ1) is 10.9. The molecule has 1 aliphatic rings. The molecule has 0 radical (unpaired) electrons. The van der Waals surface area contributed by atoms with Crippen molar-refractivity contribution in [3.8, 4) is 21.6 Å². The molecule has 4 rings (SSSR count). The number of hydrogen-bond donors (Lipinski definition) is 0. The molecule has 0 N–H and O–H groups in total. The quantitative estimate of drug-likeness (QED) is 0.414. The smallest absolute Gasteiger partial charge is 0.131 e. The van der Waals surface area contributed by atoms with E-state index in [2.05, 4.69) is 24.3 Å². The van der Waals surface area contributed by atoms with E-state index in [1.54, 1.807) is 23.5 Å². The summed E-state index contributed by atoms with van der Waals surface area (Å²) in [6.45, 7) is 0. The van der Waals surface area contributed by atoms with Crippen LogP contribution in [0.4, 0.5) is 4.39 Å². The van der Waals surface area contributed by atoms with Crippen LogP contribution >= 0.6 is 11.3 Å². The van der Waals surface area contributed by atoms with Gasteiger partial charge in [-0.25, -0.2) is 4.39 Å². The molecule has 0 nitrogen and oxygen atoms in total. The highest BCUT2D eigenvalue weighted by atomic mass is 32.1. The van der Waals surface area contributed by atoms with E-state index in [9.17, 15) is 4.39 Å². The van der Waals surface area contributed by atoms with Crippen LogP contribution in [0.25, 0.3) is 21.6 Å². The van der Waals surface area contributed by atoms with Crippen molar-refractivity contribution in [1.29, 1.82) is 0 Å². The van der Waals surface area contributed by atoms with Crippen molar-refractivity contribution in [2.24, 2.45) is 0 Å². The lowest BCUT2D eigenvalue weighted by Crippen LogP contribution is -1.92. The van der Waals surface area contributed by atoms with Crippen LogP contribution in [0.2, 0.25) is 0 Å². The monoisotopic (exact) mass is 266 g/mol. The van der Waals surface area contributed by atoms with Gasteiger partial charge in [0.1, 0.15) is 5.82 Å². The summed E-state index contributed by atoms with van der Waals surface area (Å²) >= 11 is 1.69. The molecule has 19 heavy (non-hydrogen) atoms. The summed E-state index contributed by atoms with van der Waals surface area (Å²) in [6.07, 6.45) is 0.796. The number of rotatable bonds is 0. The first-order valence-electron chi connectivity index (χ1n) is 6.28. The lowest BCUT2D eigenvalue weighted by molar-refractivity contribution is 0.630. The maximum absolute atomic E-state index is 14.2. The third-order valence-corrected chi connectivity index (χ3v) is 4.63. The van der Waals surface area contributed by atoms with E-state index in [1.165, 1.54) is 16.0 Å². The lowest BCUT2D eigenvalue weighted by atomic mass is 9.98. The van der Waals surface area contributed by atoms with Crippen LogP contribution in [0.3, 0.4) is 0 Å². The van der Waals surface area contributed by atoms with Gasteiger partial charge in [0.15, 0.2) is 0 Å². The van der Waals surface area contributed by atoms with Crippen LogP contribution in [0.1, 0.15) is 11.1 Å². The number of hydrogen-bond acceptors (Lipinski definition) is 1. The molecule has 0 atom stereocenters. The Kier molecular flexibility index (Phi) is 2.32. The Morgan fingerprint density at radius 3 is 2.63 bits per heavy atom. The van der Waals surface area contributed by atoms with E-state index < -0.39 is 0 Å². The van der Waals surface area contributed by atoms with E-state index in [-0.39, 0.29) is 5.82 Å². The molecule has 0 saturated heterocycles. The van der Waals surface area contributed by atoms with Gasteiger partial charge in [0.25, 0.3) is 0 Å². The highest BCUT2D eigenvalue weighted by Gasteiger charge is 2.22. The summed E-state index contributed by atoms with van der Waals surface area (Å²) in [5.41, 5.74) is 5.39. The van der Waals surface area contributed by atoms with Crippen LogP contribution < -0.4 is 0 Å². The van der Waals surface area contributed by atoms with E-state index in [4.69, 9.17) is 0 Å². The van der Waals surface area contributed by atoms with Crippen molar-refractivity contribution >= 4 is 11.3 Å². The fraction of sp³-hybridized carbons (Fsp3) is 0.0588. The van der Waals surface area contributed by atoms with E-state index in [0.717, 1.165) is 23.1 Å².